The van der Waals surface area contributed by atoms with Crippen LogP contribution in [0.2, 0.25) is 0 Å². The molecule has 1 saturated heterocycles. The van der Waals surface area contributed by atoms with E-state index in [1.165, 1.54) is 18.5 Å². The summed E-state index contributed by atoms with van der Waals surface area (Å²) in [5, 5.41) is 2.52. The highest BCUT2D eigenvalue weighted by Crippen LogP contribution is 2.36. The zero-order valence-electron chi connectivity index (χ0n) is 15.4. The molecule has 2 aromatic rings. The Kier molecular flexibility index (Phi) is 6.08. The highest BCUT2D eigenvalue weighted by molar-refractivity contribution is 9.10. The van der Waals surface area contributed by atoms with Crippen molar-refractivity contribution in [3.8, 4) is 0 Å². The molecule has 0 spiro atoms. The number of piperidine rings is 1. The summed E-state index contributed by atoms with van der Waals surface area (Å²) in [4.78, 5) is 42.3. The van der Waals surface area contributed by atoms with Gasteiger partial charge in [-0.25, -0.2) is 0 Å². The number of benzene rings is 1. The fourth-order valence-corrected chi connectivity index (χ4v) is 3.95. The first-order valence-electron chi connectivity index (χ1n) is 8.98. The second-order valence-electron chi connectivity index (χ2n) is 6.96. The lowest BCUT2D eigenvalue weighted by atomic mass is 9.90. The molecule has 3 rings (SSSR count). The Labute approximate surface area is 171 Å². The van der Waals surface area contributed by atoms with E-state index in [9.17, 15) is 14.4 Å². The second-order valence-corrected chi connectivity index (χ2v) is 7.81. The van der Waals surface area contributed by atoms with Crippen LogP contribution in [-0.4, -0.2) is 34.2 Å². The van der Waals surface area contributed by atoms with Crippen molar-refractivity contribution in [1.82, 2.24) is 9.88 Å². The van der Waals surface area contributed by atoms with Crippen molar-refractivity contribution in [3.63, 3.8) is 0 Å². The van der Waals surface area contributed by atoms with Crippen LogP contribution in [-0.2, 0) is 9.59 Å². The molecule has 0 aliphatic carbocycles. The summed E-state index contributed by atoms with van der Waals surface area (Å²) in [5.74, 6) is -1.74. The average molecular weight is 445 g/mol. The van der Waals surface area contributed by atoms with Gasteiger partial charge < -0.3 is 16.0 Å². The molecule has 3 N–H and O–H groups in total. The maximum atomic E-state index is 12.9. The molecule has 8 heteroatoms. The summed E-state index contributed by atoms with van der Waals surface area (Å²) in [7, 11) is 0. The number of hydrogen-bond acceptors (Lipinski definition) is 4. The number of amides is 3. The Morgan fingerprint density at radius 2 is 1.96 bits per heavy atom. The largest absolute Gasteiger partial charge is 0.366 e. The van der Waals surface area contributed by atoms with E-state index in [1.54, 1.807) is 4.90 Å². The van der Waals surface area contributed by atoms with Crippen LogP contribution in [0.25, 0.3) is 0 Å². The number of rotatable bonds is 3. The smallest absolute Gasteiger partial charge is 0.313 e. The van der Waals surface area contributed by atoms with Crippen LogP contribution in [0.1, 0.15) is 41.7 Å². The maximum absolute atomic E-state index is 12.9. The molecule has 1 fully saturated rings. The zero-order chi connectivity index (χ0) is 20.3. The molecule has 0 saturated carbocycles. The van der Waals surface area contributed by atoms with Gasteiger partial charge in [0, 0.05) is 17.2 Å². The Morgan fingerprint density at radius 3 is 2.68 bits per heavy atom. The van der Waals surface area contributed by atoms with E-state index in [1.807, 2.05) is 24.3 Å². The molecule has 28 heavy (non-hydrogen) atoms. The number of carbonyl (C=O) groups excluding carboxylic acids is 3. The lowest BCUT2D eigenvalue weighted by molar-refractivity contribution is -0.146. The fourth-order valence-electron chi connectivity index (χ4n) is 3.40. The van der Waals surface area contributed by atoms with Crippen LogP contribution in [0.5, 0.6) is 0 Å². The number of pyridine rings is 1. The number of halogens is 1. The molecule has 0 bridgehead atoms. The highest BCUT2D eigenvalue weighted by Gasteiger charge is 2.35. The van der Waals surface area contributed by atoms with E-state index >= 15 is 0 Å². The van der Waals surface area contributed by atoms with E-state index in [0.29, 0.717) is 12.5 Å². The lowest BCUT2D eigenvalue weighted by Gasteiger charge is -2.39. The van der Waals surface area contributed by atoms with Gasteiger partial charge in [0.2, 0.25) is 5.91 Å². The molecule has 2 atom stereocenters. The SMILES string of the molecule is CC1CCC(c2ccccc2Br)N(C(=O)C(=O)Nc2cncc(C(N)=O)c2)C1. The van der Waals surface area contributed by atoms with Gasteiger partial charge in [-0.05, 0) is 36.5 Å². The Hall–Kier alpha value is -2.74. The summed E-state index contributed by atoms with van der Waals surface area (Å²) in [6.45, 7) is 2.56. The molecular weight excluding hydrogens is 424 g/mol. The first kappa shape index (κ1) is 20.0. The number of primary amides is 1. The molecule has 1 aliphatic rings. The number of carbonyl (C=O) groups is 3. The van der Waals surface area contributed by atoms with Crippen LogP contribution in [0.3, 0.4) is 0 Å². The molecule has 1 aromatic heterocycles. The number of nitrogens with one attached hydrogen (secondary N) is 1. The van der Waals surface area contributed by atoms with Gasteiger partial charge >= 0.3 is 11.8 Å². The van der Waals surface area contributed by atoms with E-state index in [4.69, 9.17) is 5.73 Å². The molecule has 2 heterocycles. The molecular formula is C20H21BrN4O3. The third-order valence-electron chi connectivity index (χ3n) is 4.82. The molecule has 146 valence electrons. The van der Waals surface area contributed by atoms with Crippen molar-refractivity contribution < 1.29 is 14.4 Å². The van der Waals surface area contributed by atoms with Gasteiger partial charge in [-0.1, -0.05) is 41.1 Å². The number of nitrogens with two attached hydrogens (primary N) is 1. The third-order valence-corrected chi connectivity index (χ3v) is 5.54. The van der Waals surface area contributed by atoms with E-state index < -0.39 is 17.7 Å². The van der Waals surface area contributed by atoms with Gasteiger partial charge in [0.25, 0.3) is 0 Å². The van der Waals surface area contributed by atoms with Crippen molar-refractivity contribution in [2.75, 3.05) is 11.9 Å². The number of hydrogen-bond donors (Lipinski definition) is 2. The fraction of sp³-hybridized carbons (Fsp3) is 0.300. The van der Waals surface area contributed by atoms with Crippen molar-refractivity contribution >= 4 is 39.3 Å². The van der Waals surface area contributed by atoms with Crippen LogP contribution < -0.4 is 11.1 Å². The van der Waals surface area contributed by atoms with E-state index in [-0.39, 0.29) is 17.3 Å². The van der Waals surface area contributed by atoms with Crippen LogP contribution in [0, 0.1) is 5.92 Å². The topological polar surface area (TPSA) is 105 Å². The number of anilines is 1. The maximum Gasteiger partial charge on any atom is 0.313 e. The number of nitrogens with zero attached hydrogens (tertiary/aromatic N) is 2. The second kappa shape index (κ2) is 8.52. The summed E-state index contributed by atoms with van der Waals surface area (Å²) < 4.78 is 0.908. The van der Waals surface area contributed by atoms with Crippen LogP contribution in [0.4, 0.5) is 5.69 Å². The van der Waals surface area contributed by atoms with Gasteiger partial charge in [-0.15, -0.1) is 0 Å². The van der Waals surface area contributed by atoms with Crippen LogP contribution >= 0.6 is 15.9 Å². The molecule has 7 nitrogen and oxygen atoms in total. The Balaban J connectivity index is 1.81. The van der Waals surface area contributed by atoms with Crippen molar-refractivity contribution in [2.45, 2.75) is 25.8 Å². The van der Waals surface area contributed by atoms with Gasteiger partial charge in [0.15, 0.2) is 0 Å². The standard InChI is InChI=1S/C20H21BrN4O3/c1-12-6-7-17(15-4-2-3-5-16(15)21)25(11-12)20(28)19(27)24-14-8-13(18(22)26)9-23-10-14/h2-5,8-10,12,17H,6-7,11H2,1H3,(H2,22,26)(H,24,27). The quantitative estimate of drug-likeness (QED) is 0.709. The molecule has 0 radical (unpaired) electrons. The zero-order valence-corrected chi connectivity index (χ0v) is 17.0. The summed E-state index contributed by atoms with van der Waals surface area (Å²) >= 11 is 3.55. The predicted molar refractivity (Wildman–Crippen MR) is 108 cm³/mol. The van der Waals surface area contributed by atoms with E-state index in [0.717, 1.165) is 22.9 Å². The van der Waals surface area contributed by atoms with Crippen LogP contribution in [0.15, 0.2) is 47.2 Å². The molecule has 1 aromatic carbocycles. The minimum Gasteiger partial charge on any atom is -0.366 e. The molecule has 2 unspecified atom stereocenters. The monoisotopic (exact) mass is 444 g/mol. The summed E-state index contributed by atoms with van der Waals surface area (Å²) in [5.41, 5.74) is 6.61. The van der Waals surface area contributed by atoms with Crippen molar-refractivity contribution in [3.05, 3.63) is 58.3 Å². The Morgan fingerprint density at radius 1 is 1.21 bits per heavy atom. The Bertz CT molecular complexity index is 918. The molecule has 1 aliphatic heterocycles. The van der Waals surface area contributed by atoms with Gasteiger partial charge in [0.1, 0.15) is 0 Å². The summed E-state index contributed by atoms with van der Waals surface area (Å²) in [6, 6.07) is 8.93. The first-order valence-corrected chi connectivity index (χ1v) is 9.77. The lowest BCUT2D eigenvalue weighted by Crippen LogP contribution is -2.46. The van der Waals surface area contributed by atoms with E-state index in [2.05, 4.69) is 33.2 Å². The molecule has 3 amide bonds. The highest BCUT2D eigenvalue weighted by atomic mass is 79.9. The number of likely N-dealkylation sites (tertiary alicyclic amines) is 1. The average Bonchev–Trinajstić information content (AvgIpc) is 2.68. The van der Waals surface area contributed by atoms with Crippen molar-refractivity contribution in [2.24, 2.45) is 11.7 Å². The minimum atomic E-state index is -0.769. The van der Waals surface area contributed by atoms with Gasteiger partial charge in [-0.3, -0.25) is 19.4 Å². The van der Waals surface area contributed by atoms with Gasteiger partial charge in [-0.2, -0.15) is 0 Å². The minimum absolute atomic E-state index is 0.155. The third kappa shape index (κ3) is 4.39. The number of aromatic nitrogens is 1. The normalized spacial score (nSPS) is 19.1. The predicted octanol–water partition coefficient (Wildman–Crippen LogP) is 2.88. The van der Waals surface area contributed by atoms with Gasteiger partial charge in [0.05, 0.1) is 23.5 Å². The van der Waals surface area contributed by atoms with Crippen molar-refractivity contribution in [1.29, 1.82) is 0 Å². The first-order chi connectivity index (χ1) is 13.4. The summed E-state index contributed by atoms with van der Waals surface area (Å²) in [6.07, 6.45) is 4.42.